The van der Waals surface area contributed by atoms with E-state index in [4.69, 9.17) is 0 Å². The zero-order valence-electron chi connectivity index (χ0n) is 12.8. The first-order chi connectivity index (χ1) is 10.0. The molecule has 0 aliphatic carbocycles. The number of hydrogen-bond donors (Lipinski definition) is 2. The molecule has 0 saturated heterocycles. The Hall–Kier alpha value is -1.84. The average molecular weight is 292 g/mol. The van der Waals surface area contributed by atoms with E-state index in [-0.39, 0.29) is 11.1 Å². The number of aromatic carboxylic acids is 2. The zero-order chi connectivity index (χ0) is 15.8. The van der Waals surface area contributed by atoms with Crippen LogP contribution in [0.3, 0.4) is 0 Å². The highest BCUT2D eigenvalue weighted by Crippen LogP contribution is 2.24. The molecule has 4 nitrogen and oxygen atoms in total. The van der Waals surface area contributed by atoms with Gasteiger partial charge in [-0.15, -0.1) is 0 Å². The summed E-state index contributed by atoms with van der Waals surface area (Å²) in [4.78, 5) is 22.8. The molecule has 4 heteroatoms. The van der Waals surface area contributed by atoms with E-state index in [9.17, 15) is 19.8 Å². The van der Waals surface area contributed by atoms with Crippen molar-refractivity contribution in [2.75, 3.05) is 0 Å². The first-order valence-electron chi connectivity index (χ1n) is 7.64. The van der Waals surface area contributed by atoms with Crippen molar-refractivity contribution in [2.24, 2.45) is 0 Å². The molecule has 0 aliphatic rings. The normalized spacial score (nSPS) is 10.6. The van der Waals surface area contributed by atoms with Gasteiger partial charge in [-0.2, -0.15) is 0 Å². The van der Waals surface area contributed by atoms with E-state index in [1.54, 1.807) is 6.07 Å². The monoisotopic (exact) mass is 292 g/mol. The highest BCUT2D eigenvalue weighted by atomic mass is 16.4. The topological polar surface area (TPSA) is 74.6 Å². The van der Waals surface area contributed by atoms with Crippen LogP contribution in [0, 0.1) is 0 Å². The lowest BCUT2D eigenvalue weighted by Gasteiger charge is -2.15. The number of carboxylic acid groups (broad SMARTS) is 2. The fraction of sp³-hybridized carbons (Fsp3) is 0.529. The SMILES string of the molecule is CCCCCc1c(CCCC)ccc(C(=O)O)c1C(=O)O. The molecule has 116 valence electrons. The summed E-state index contributed by atoms with van der Waals surface area (Å²) in [6, 6.07) is 3.22. The fourth-order valence-electron chi connectivity index (χ4n) is 2.55. The van der Waals surface area contributed by atoms with Crippen LogP contribution in [0.15, 0.2) is 12.1 Å². The molecule has 0 saturated carbocycles. The largest absolute Gasteiger partial charge is 0.478 e. The molecule has 1 aromatic carbocycles. The van der Waals surface area contributed by atoms with Gasteiger partial charge in [0.15, 0.2) is 0 Å². The fourth-order valence-corrected chi connectivity index (χ4v) is 2.55. The van der Waals surface area contributed by atoms with Crippen LogP contribution in [-0.2, 0) is 12.8 Å². The molecule has 0 unspecified atom stereocenters. The lowest BCUT2D eigenvalue weighted by Crippen LogP contribution is -2.14. The summed E-state index contributed by atoms with van der Waals surface area (Å²) in [6.45, 7) is 4.17. The van der Waals surface area contributed by atoms with Gasteiger partial charge in [-0.1, -0.05) is 39.2 Å². The minimum Gasteiger partial charge on any atom is -0.478 e. The maximum absolute atomic E-state index is 11.5. The van der Waals surface area contributed by atoms with Gasteiger partial charge in [-0.05, 0) is 42.9 Å². The predicted octanol–water partition coefficient (Wildman–Crippen LogP) is 4.16. The Balaban J connectivity index is 3.28. The third-order valence-electron chi connectivity index (χ3n) is 3.68. The van der Waals surface area contributed by atoms with Crippen LogP contribution in [0.5, 0.6) is 0 Å². The molecule has 1 aromatic rings. The van der Waals surface area contributed by atoms with Crippen molar-refractivity contribution in [1.82, 2.24) is 0 Å². The number of carbonyl (C=O) groups is 2. The molecule has 1 rings (SSSR count). The molecule has 0 radical (unpaired) electrons. The Labute approximate surface area is 125 Å². The summed E-state index contributed by atoms with van der Waals surface area (Å²) in [5, 5.41) is 18.7. The standard InChI is InChI=1S/C17H24O4/c1-3-5-7-9-13-12(8-6-4-2)10-11-14(16(18)19)15(13)17(20)21/h10-11H,3-9H2,1-2H3,(H,18,19)(H,20,21). The van der Waals surface area contributed by atoms with Gasteiger partial charge in [-0.3, -0.25) is 0 Å². The molecule has 0 fully saturated rings. The predicted molar refractivity (Wildman–Crippen MR) is 82.2 cm³/mol. The van der Waals surface area contributed by atoms with Crippen molar-refractivity contribution in [3.63, 3.8) is 0 Å². The van der Waals surface area contributed by atoms with Crippen LogP contribution < -0.4 is 0 Å². The van der Waals surface area contributed by atoms with Gasteiger partial charge in [0, 0.05) is 0 Å². The molecule has 0 aromatic heterocycles. The van der Waals surface area contributed by atoms with Crippen molar-refractivity contribution in [3.05, 3.63) is 34.4 Å². The Bertz CT molecular complexity index is 506. The van der Waals surface area contributed by atoms with Crippen LogP contribution in [0.4, 0.5) is 0 Å². The van der Waals surface area contributed by atoms with Crippen molar-refractivity contribution < 1.29 is 19.8 Å². The lowest BCUT2D eigenvalue weighted by atomic mass is 9.90. The third-order valence-corrected chi connectivity index (χ3v) is 3.68. The molecular formula is C17H24O4. The highest BCUT2D eigenvalue weighted by molar-refractivity contribution is 6.03. The molecule has 21 heavy (non-hydrogen) atoms. The van der Waals surface area contributed by atoms with Crippen LogP contribution in [0.1, 0.15) is 77.8 Å². The third kappa shape index (κ3) is 4.59. The minimum absolute atomic E-state index is 0.0211. The Kier molecular flexibility index (Phi) is 6.92. The molecule has 0 atom stereocenters. The second-order valence-corrected chi connectivity index (χ2v) is 5.30. The molecular weight excluding hydrogens is 268 g/mol. The zero-order valence-corrected chi connectivity index (χ0v) is 12.8. The van der Waals surface area contributed by atoms with Crippen molar-refractivity contribution >= 4 is 11.9 Å². The van der Waals surface area contributed by atoms with Crippen molar-refractivity contribution in [1.29, 1.82) is 0 Å². The minimum atomic E-state index is -1.17. The second kappa shape index (κ2) is 8.45. The molecule has 0 heterocycles. The summed E-state index contributed by atoms with van der Waals surface area (Å²) in [7, 11) is 0. The number of unbranched alkanes of at least 4 members (excludes halogenated alkanes) is 3. The number of carboxylic acids is 2. The summed E-state index contributed by atoms with van der Waals surface area (Å²) >= 11 is 0. The van der Waals surface area contributed by atoms with Gasteiger partial charge >= 0.3 is 11.9 Å². The highest BCUT2D eigenvalue weighted by Gasteiger charge is 2.22. The van der Waals surface area contributed by atoms with Gasteiger partial charge in [0.2, 0.25) is 0 Å². The van der Waals surface area contributed by atoms with E-state index in [2.05, 4.69) is 13.8 Å². The maximum atomic E-state index is 11.5. The van der Waals surface area contributed by atoms with E-state index in [1.165, 1.54) is 6.07 Å². The molecule has 2 N–H and O–H groups in total. The summed E-state index contributed by atoms with van der Waals surface area (Å²) < 4.78 is 0. The molecule has 0 amide bonds. The average Bonchev–Trinajstić information content (AvgIpc) is 2.44. The lowest BCUT2D eigenvalue weighted by molar-refractivity contribution is 0.0650. The van der Waals surface area contributed by atoms with E-state index in [0.717, 1.165) is 44.1 Å². The number of aryl methyl sites for hydroxylation is 1. The van der Waals surface area contributed by atoms with E-state index < -0.39 is 11.9 Å². The Morgan fingerprint density at radius 2 is 1.57 bits per heavy atom. The second-order valence-electron chi connectivity index (χ2n) is 5.30. The van der Waals surface area contributed by atoms with Gasteiger partial charge in [0.05, 0.1) is 11.1 Å². The van der Waals surface area contributed by atoms with Crippen LogP contribution in [0.2, 0.25) is 0 Å². The quantitative estimate of drug-likeness (QED) is 0.670. The van der Waals surface area contributed by atoms with Crippen molar-refractivity contribution in [2.45, 2.75) is 58.8 Å². The summed E-state index contributed by atoms with van der Waals surface area (Å²) in [6.07, 6.45) is 6.39. The van der Waals surface area contributed by atoms with Crippen molar-refractivity contribution in [3.8, 4) is 0 Å². The summed E-state index contributed by atoms with van der Waals surface area (Å²) in [5.41, 5.74) is 1.57. The Morgan fingerprint density at radius 1 is 0.905 bits per heavy atom. The van der Waals surface area contributed by atoms with Gasteiger partial charge in [-0.25, -0.2) is 9.59 Å². The smallest absolute Gasteiger partial charge is 0.336 e. The van der Waals surface area contributed by atoms with E-state index in [0.29, 0.717) is 12.0 Å². The van der Waals surface area contributed by atoms with Crippen LogP contribution in [-0.4, -0.2) is 22.2 Å². The number of rotatable bonds is 9. The number of hydrogen-bond acceptors (Lipinski definition) is 2. The van der Waals surface area contributed by atoms with Gasteiger partial charge < -0.3 is 10.2 Å². The van der Waals surface area contributed by atoms with Gasteiger partial charge in [0.1, 0.15) is 0 Å². The van der Waals surface area contributed by atoms with Crippen LogP contribution >= 0.6 is 0 Å². The summed E-state index contributed by atoms with van der Waals surface area (Å²) in [5.74, 6) is -2.32. The molecule has 0 bridgehead atoms. The number of benzene rings is 1. The van der Waals surface area contributed by atoms with E-state index >= 15 is 0 Å². The molecule has 0 spiro atoms. The first kappa shape index (κ1) is 17.2. The van der Waals surface area contributed by atoms with Gasteiger partial charge in [0.25, 0.3) is 0 Å². The van der Waals surface area contributed by atoms with E-state index in [1.807, 2.05) is 0 Å². The maximum Gasteiger partial charge on any atom is 0.336 e. The first-order valence-corrected chi connectivity index (χ1v) is 7.64. The van der Waals surface area contributed by atoms with Crippen LogP contribution in [0.25, 0.3) is 0 Å². The molecule has 0 aliphatic heterocycles. The Morgan fingerprint density at radius 3 is 2.10 bits per heavy atom.